The molecule has 0 aromatic heterocycles. The molecule has 1 atom stereocenters. The Hall–Kier alpha value is -3.71. The molecule has 0 amide bonds. The van der Waals surface area contributed by atoms with Crippen LogP contribution in [0, 0.1) is 34.5 Å². The molecule has 0 aliphatic carbocycles. The third kappa shape index (κ3) is 6.92. The van der Waals surface area contributed by atoms with Crippen LogP contribution in [0.2, 0.25) is 0 Å². The largest absolute Gasteiger partial charge is 0.464 e. The van der Waals surface area contributed by atoms with Gasteiger partial charge < -0.3 is 9.64 Å². The van der Waals surface area contributed by atoms with Gasteiger partial charge in [0.15, 0.2) is 0 Å². The van der Waals surface area contributed by atoms with Gasteiger partial charge in [0.1, 0.15) is 18.4 Å². The van der Waals surface area contributed by atoms with Crippen molar-refractivity contribution in [3.05, 3.63) is 53.6 Å². The van der Waals surface area contributed by atoms with E-state index in [9.17, 15) is 10.1 Å². The van der Waals surface area contributed by atoms with Gasteiger partial charge in [-0.15, -0.1) is 5.11 Å². The number of ether oxygens (including phenoxy) is 1. The summed E-state index contributed by atoms with van der Waals surface area (Å²) >= 11 is 0. The van der Waals surface area contributed by atoms with Crippen molar-refractivity contribution in [2.24, 2.45) is 22.1 Å². The van der Waals surface area contributed by atoms with Crippen molar-refractivity contribution < 1.29 is 9.53 Å². The summed E-state index contributed by atoms with van der Waals surface area (Å²) in [4.78, 5) is 14.3. The molecule has 166 valence electrons. The summed E-state index contributed by atoms with van der Waals surface area (Å²) in [5.74, 6) is 0.105. The average Bonchev–Trinajstić information content (AvgIpc) is 2.80. The molecule has 0 bridgehead atoms. The Bertz CT molecular complexity index is 1020. The minimum atomic E-state index is -0.120. The number of hydrogen-bond donors (Lipinski definition) is 0. The van der Waals surface area contributed by atoms with Crippen LogP contribution in [0.4, 0.5) is 17.1 Å². The smallest absolute Gasteiger partial charge is 0.309 e. The maximum Gasteiger partial charge on any atom is 0.309 e. The fourth-order valence-electron chi connectivity index (χ4n) is 3.22. The number of esters is 1. The molecular weight excluding hydrogens is 402 g/mol. The fourth-order valence-corrected chi connectivity index (χ4v) is 3.22. The molecule has 1 unspecified atom stereocenters. The lowest BCUT2D eigenvalue weighted by Gasteiger charge is -2.22. The second-order valence-corrected chi connectivity index (χ2v) is 7.90. The summed E-state index contributed by atoms with van der Waals surface area (Å²) in [7, 11) is 1.94. The topological polar surface area (TPSA) is 102 Å². The molecule has 7 heteroatoms. The van der Waals surface area contributed by atoms with E-state index in [1.54, 1.807) is 12.1 Å². The predicted molar refractivity (Wildman–Crippen MR) is 124 cm³/mol. The van der Waals surface area contributed by atoms with Crippen LogP contribution in [0.15, 0.2) is 52.7 Å². The molecule has 0 N–H and O–H groups in total. The first-order chi connectivity index (χ1) is 15.4. The predicted octanol–water partition coefficient (Wildman–Crippen LogP) is 5.90. The van der Waals surface area contributed by atoms with E-state index in [1.807, 2.05) is 48.4 Å². The molecule has 0 saturated heterocycles. The molecule has 0 aliphatic heterocycles. The fraction of sp³-hybridized carbons (Fsp3) is 0.400. The normalized spacial score (nSPS) is 11.7. The highest BCUT2D eigenvalue weighted by Gasteiger charge is 2.22. The number of likely N-dealkylation sites (N-methyl/N-ethyl adjacent to an activating group) is 1. The van der Waals surface area contributed by atoms with Crippen LogP contribution in [0.25, 0.3) is 0 Å². The number of nitriles is 2. The molecule has 0 radical (unpaired) electrons. The first-order valence-electron chi connectivity index (χ1n) is 10.7. The van der Waals surface area contributed by atoms with E-state index in [-0.39, 0.29) is 17.8 Å². The second-order valence-electron chi connectivity index (χ2n) is 7.90. The monoisotopic (exact) mass is 431 g/mol. The zero-order valence-electron chi connectivity index (χ0n) is 19.1. The van der Waals surface area contributed by atoms with Crippen LogP contribution in [0.3, 0.4) is 0 Å². The molecule has 7 nitrogen and oxygen atoms in total. The van der Waals surface area contributed by atoms with Crippen LogP contribution in [-0.4, -0.2) is 26.2 Å². The SMILES string of the molecule is CCCC(C(=O)OCCN(C)c1ccc(N=Nc2ccc(C#N)cc2C#N)cc1)C(C)C. The number of rotatable bonds is 10. The van der Waals surface area contributed by atoms with Gasteiger partial charge in [0.25, 0.3) is 0 Å². The van der Waals surface area contributed by atoms with Crippen LogP contribution in [0.5, 0.6) is 0 Å². The Morgan fingerprint density at radius 2 is 1.81 bits per heavy atom. The highest BCUT2D eigenvalue weighted by molar-refractivity contribution is 5.72. The van der Waals surface area contributed by atoms with E-state index in [4.69, 9.17) is 10.00 Å². The van der Waals surface area contributed by atoms with E-state index in [1.165, 1.54) is 6.07 Å². The van der Waals surface area contributed by atoms with Crippen molar-refractivity contribution in [3.8, 4) is 12.1 Å². The summed E-state index contributed by atoms with van der Waals surface area (Å²) < 4.78 is 5.50. The Balaban J connectivity index is 1.93. The van der Waals surface area contributed by atoms with Gasteiger partial charge >= 0.3 is 5.97 Å². The molecule has 0 heterocycles. The number of carbonyl (C=O) groups excluding carboxylic acids is 1. The van der Waals surface area contributed by atoms with Crippen LogP contribution < -0.4 is 4.90 Å². The van der Waals surface area contributed by atoms with Gasteiger partial charge in [-0.3, -0.25) is 4.79 Å². The van der Waals surface area contributed by atoms with E-state index >= 15 is 0 Å². The Labute approximate surface area is 189 Å². The maximum atomic E-state index is 12.3. The van der Waals surface area contributed by atoms with Gasteiger partial charge in [0.05, 0.1) is 35.3 Å². The summed E-state index contributed by atoms with van der Waals surface area (Å²) in [6, 6.07) is 16.2. The molecule has 32 heavy (non-hydrogen) atoms. The van der Waals surface area contributed by atoms with Gasteiger partial charge in [-0.2, -0.15) is 15.6 Å². The Morgan fingerprint density at radius 1 is 1.09 bits per heavy atom. The molecule has 0 spiro atoms. The molecule has 2 aromatic carbocycles. The molecule has 2 aromatic rings. The molecular formula is C25H29N5O2. The third-order valence-corrected chi connectivity index (χ3v) is 5.19. The van der Waals surface area contributed by atoms with E-state index in [0.29, 0.717) is 35.7 Å². The maximum absolute atomic E-state index is 12.3. The number of benzene rings is 2. The molecule has 2 rings (SSSR count). The quantitative estimate of drug-likeness (QED) is 0.344. The van der Waals surface area contributed by atoms with Crippen LogP contribution in [0.1, 0.15) is 44.7 Å². The number of azo groups is 1. The molecule has 0 aliphatic rings. The number of anilines is 1. The minimum absolute atomic E-state index is 0.0485. The average molecular weight is 432 g/mol. The van der Waals surface area contributed by atoms with E-state index < -0.39 is 0 Å². The molecule has 0 fully saturated rings. The summed E-state index contributed by atoms with van der Waals surface area (Å²) in [6.07, 6.45) is 1.81. The second kappa shape index (κ2) is 12.2. The Kier molecular flexibility index (Phi) is 9.38. The van der Waals surface area contributed by atoms with Crippen molar-refractivity contribution in [1.29, 1.82) is 10.5 Å². The van der Waals surface area contributed by atoms with Gasteiger partial charge in [-0.25, -0.2) is 0 Å². The van der Waals surface area contributed by atoms with Crippen LogP contribution in [-0.2, 0) is 9.53 Å². The zero-order valence-corrected chi connectivity index (χ0v) is 19.1. The number of carbonyl (C=O) groups is 1. The van der Waals surface area contributed by atoms with Gasteiger partial charge in [0.2, 0.25) is 0 Å². The lowest BCUT2D eigenvalue weighted by molar-refractivity contribution is -0.150. The van der Waals surface area contributed by atoms with Crippen molar-refractivity contribution in [2.45, 2.75) is 33.6 Å². The van der Waals surface area contributed by atoms with Crippen LogP contribution >= 0.6 is 0 Å². The van der Waals surface area contributed by atoms with Gasteiger partial charge in [0, 0.05) is 12.7 Å². The zero-order chi connectivity index (χ0) is 23.5. The standard InChI is InChI=1S/C25H29N5O2/c1-5-6-23(18(2)3)25(31)32-14-13-30(4)22-10-8-21(9-11-22)28-29-24-12-7-19(16-26)15-20(24)17-27/h7-12,15,18,23H,5-6,13-14H2,1-4H3. The number of hydrogen-bond acceptors (Lipinski definition) is 7. The lowest BCUT2D eigenvalue weighted by Crippen LogP contribution is -2.28. The van der Waals surface area contributed by atoms with Crippen molar-refractivity contribution in [1.82, 2.24) is 0 Å². The van der Waals surface area contributed by atoms with Crippen molar-refractivity contribution >= 4 is 23.0 Å². The highest BCUT2D eigenvalue weighted by atomic mass is 16.5. The van der Waals surface area contributed by atoms with Gasteiger partial charge in [-0.1, -0.05) is 27.2 Å². The van der Waals surface area contributed by atoms with E-state index in [0.717, 1.165) is 18.5 Å². The van der Waals surface area contributed by atoms with Crippen molar-refractivity contribution in [2.75, 3.05) is 25.1 Å². The van der Waals surface area contributed by atoms with E-state index in [2.05, 4.69) is 31.0 Å². The minimum Gasteiger partial charge on any atom is -0.464 e. The van der Waals surface area contributed by atoms with Gasteiger partial charge in [-0.05, 0) is 54.8 Å². The highest BCUT2D eigenvalue weighted by Crippen LogP contribution is 2.25. The van der Waals surface area contributed by atoms with Crippen molar-refractivity contribution in [3.63, 3.8) is 0 Å². The first kappa shape index (κ1) is 24.6. The summed E-state index contributed by atoms with van der Waals surface area (Å²) in [6.45, 7) is 7.09. The Morgan fingerprint density at radius 3 is 2.41 bits per heavy atom. The lowest BCUT2D eigenvalue weighted by atomic mass is 9.92. The summed E-state index contributed by atoms with van der Waals surface area (Å²) in [5.41, 5.74) is 2.73. The first-order valence-corrected chi connectivity index (χ1v) is 10.7. The molecule has 0 saturated carbocycles. The third-order valence-electron chi connectivity index (χ3n) is 5.19. The number of nitrogens with zero attached hydrogens (tertiary/aromatic N) is 5. The summed E-state index contributed by atoms with van der Waals surface area (Å²) in [5, 5.41) is 26.5.